The molecule has 0 aliphatic rings. The maximum atomic E-state index is 13.5. The molecule has 9 heteroatoms. The largest absolute Gasteiger partial charge is 0.494 e. The fourth-order valence-electron chi connectivity index (χ4n) is 4.13. The third-order valence-corrected chi connectivity index (χ3v) is 7.64. The van der Waals surface area contributed by atoms with Gasteiger partial charge in [0.25, 0.3) is 0 Å². The average Bonchev–Trinajstić information content (AvgIpc) is 2.87. The lowest BCUT2D eigenvalue weighted by molar-refractivity contribution is -0.141. The molecule has 2 aromatic carbocycles. The second-order valence-corrected chi connectivity index (χ2v) is 11.5. The van der Waals surface area contributed by atoms with E-state index in [4.69, 9.17) is 4.74 Å². The molecule has 8 nitrogen and oxygen atoms in total. The summed E-state index contributed by atoms with van der Waals surface area (Å²) in [5.41, 5.74) is 2.56. The van der Waals surface area contributed by atoms with Gasteiger partial charge in [0.05, 0.1) is 18.6 Å². The predicted molar refractivity (Wildman–Crippen MR) is 153 cm³/mol. The Morgan fingerprint density at radius 1 is 0.974 bits per heavy atom. The van der Waals surface area contributed by atoms with Crippen LogP contribution < -0.4 is 14.4 Å². The van der Waals surface area contributed by atoms with Crippen LogP contribution in [0.5, 0.6) is 5.75 Å². The Kier molecular flexibility index (Phi) is 12.1. The number of hydrogen-bond acceptors (Lipinski definition) is 5. The molecule has 210 valence electrons. The highest BCUT2D eigenvalue weighted by atomic mass is 32.2. The fraction of sp³-hybridized carbons (Fsp3) is 0.517. The molecule has 2 unspecified atom stereocenters. The number of rotatable bonds is 15. The first-order chi connectivity index (χ1) is 18.0. The molecule has 2 atom stereocenters. The number of nitrogens with zero attached hydrogens (tertiary/aromatic N) is 2. The number of carbonyl (C=O) groups is 2. The summed E-state index contributed by atoms with van der Waals surface area (Å²) in [6.45, 7) is 10.7. The molecular formula is C29H43N3O5S. The molecule has 2 rings (SSSR count). The first-order valence-corrected chi connectivity index (χ1v) is 15.2. The number of amides is 2. The van der Waals surface area contributed by atoms with Gasteiger partial charge in [-0.3, -0.25) is 13.9 Å². The Morgan fingerprint density at radius 2 is 1.61 bits per heavy atom. The van der Waals surface area contributed by atoms with Crippen molar-refractivity contribution in [2.24, 2.45) is 0 Å². The molecule has 1 N–H and O–H groups in total. The van der Waals surface area contributed by atoms with E-state index in [9.17, 15) is 18.0 Å². The lowest BCUT2D eigenvalue weighted by Crippen LogP contribution is -2.50. The third-order valence-electron chi connectivity index (χ3n) is 6.45. The maximum Gasteiger partial charge on any atom is 0.243 e. The number of sulfonamides is 1. The molecule has 0 aromatic heterocycles. The Balaban J connectivity index is 2.20. The van der Waals surface area contributed by atoms with Gasteiger partial charge in [-0.2, -0.15) is 0 Å². The van der Waals surface area contributed by atoms with E-state index in [1.807, 2.05) is 58.9 Å². The Bertz CT molecular complexity index is 1130. The molecule has 0 heterocycles. The fourth-order valence-corrected chi connectivity index (χ4v) is 5.10. The van der Waals surface area contributed by atoms with Crippen LogP contribution in [0.2, 0.25) is 0 Å². The summed E-state index contributed by atoms with van der Waals surface area (Å²) < 4.78 is 31.8. The summed E-state index contributed by atoms with van der Waals surface area (Å²) in [5.74, 6) is 0.305. The Labute approximate surface area is 228 Å². The van der Waals surface area contributed by atoms with Crippen molar-refractivity contribution in [3.05, 3.63) is 59.7 Å². The lowest BCUT2D eigenvalue weighted by atomic mass is 10.1. The monoisotopic (exact) mass is 545 g/mol. The van der Waals surface area contributed by atoms with E-state index in [2.05, 4.69) is 5.32 Å². The van der Waals surface area contributed by atoms with Gasteiger partial charge in [0, 0.05) is 25.6 Å². The number of benzene rings is 2. The molecule has 2 aromatic rings. The minimum absolute atomic E-state index is 0.00492. The number of hydrogen-bond donors (Lipinski definition) is 1. The average molecular weight is 546 g/mol. The van der Waals surface area contributed by atoms with Gasteiger partial charge in [-0.15, -0.1) is 0 Å². The van der Waals surface area contributed by atoms with Crippen LogP contribution in [0.4, 0.5) is 5.69 Å². The molecule has 0 aliphatic heterocycles. The van der Waals surface area contributed by atoms with Crippen LogP contribution in [-0.4, -0.2) is 56.6 Å². The molecular weight excluding hydrogens is 502 g/mol. The summed E-state index contributed by atoms with van der Waals surface area (Å²) in [6.07, 6.45) is 2.85. The summed E-state index contributed by atoms with van der Waals surface area (Å²) in [5, 5.41) is 3.01. The number of ether oxygens (including phenoxy) is 1. The predicted octanol–water partition coefficient (Wildman–Crippen LogP) is 4.66. The maximum absolute atomic E-state index is 13.5. The van der Waals surface area contributed by atoms with Crippen molar-refractivity contribution in [2.45, 2.75) is 78.9 Å². The number of anilines is 1. The Hall–Kier alpha value is -3.07. The zero-order valence-electron chi connectivity index (χ0n) is 23.6. The molecule has 0 spiro atoms. The van der Waals surface area contributed by atoms with E-state index >= 15 is 0 Å². The molecule has 0 saturated heterocycles. The van der Waals surface area contributed by atoms with Crippen molar-refractivity contribution in [3.63, 3.8) is 0 Å². The first-order valence-electron chi connectivity index (χ1n) is 13.4. The number of aryl methyl sites for hydroxylation is 1. The van der Waals surface area contributed by atoms with Crippen LogP contribution in [-0.2, 0) is 26.2 Å². The van der Waals surface area contributed by atoms with Crippen LogP contribution in [0.15, 0.2) is 48.5 Å². The van der Waals surface area contributed by atoms with Gasteiger partial charge in [-0.05, 0) is 69.9 Å². The second-order valence-electron chi connectivity index (χ2n) is 9.61. The number of carbonyl (C=O) groups excluding carboxylic acids is 2. The van der Waals surface area contributed by atoms with E-state index in [1.54, 1.807) is 29.2 Å². The molecule has 0 saturated carbocycles. The third kappa shape index (κ3) is 9.35. The van der Waals surface area contributed by atoms with Gasteiger partial charge < -0.3 is 15.0 Å². The summed E-state index contributed by atoms with van der Waals surface area (Å²) in [6, 6.07) is 14.1. The lowest BCUT2D eigenvalue weighted by Gasteiger charge is -2.32. The molecule has 0 radical (unpaired) electrons. The van der Waals surface area contributed by atoms with Crippen molar-refractivity contribution in [1.82, 2.24) is 10.2 Å². The van der Waals surface area contributed by atoms with Gasteiger partial charge >= 0.3 is 0 Å². The van der Waals surface area contributed by atoms with E-state index in [1.165, 1.54) is 4.31 Å². The van der Waals surface area contributed by atoms with Gasteiger partial charge in [0.2, 0.25) is 21.8 Å². The highest BCUT2D eigenvalue weighted by Crippen LogP contribution is 2.23. The van der Waals surface area contributed by atoms with E-state index in [0.717, 1.165) is 23.8 Å². The molecule has 0 bridgehead atoms. The van der Waals surface area contributed by atoms with E-state index in [0.29, 0.717) is 37.4 Å². The van der Waals surface area contributed by atoms with Gasteiger partial charge in [-0.1, -0.05) is 43.7 Å². The van der Waals surface area contributed by atoms with Crippen molar-refractivity contribution in [3.8, 4) is 5.75 Å². The minimum atomic E-state index is -3.56. The van der Waals surface area contributed by atoms with Crippen LogP contribution >= 0.6 is 0 Å². The first kappa shape index (κ1) is 31.1. The van der Waals surface area contributed by atoms with Crippen LogP contribution in [0.1, 0.15) is 64.5 Å². The highest BCUT2D eigenvalue weighted by Gasteiger charge is 2.29. The van der Waals surface area contributed by atoms with Gasteiger partial charge in [-0.25, -0.2) is 8.42 Å². The Morgan fingerprint density at radius 3 is 2.13 bits per heavy atom. The van der Waals surface area contributed by atoms with Crippen molar-refractivity contribution in [1.29, 1.82) is 0 Å². The zero-order valence-corrected chi connectivity index (χ0v) is 24.4. The molecule has 0 fully saturated rings. The second kappa shape index (κ2) is 14.8. The number of nitrogens with one attached hydrogen (secondary N) is 1. The van der Waals surface area contributed by atoms with Crippen molar-refractivity contribution < 1.29 is 22.7 Å². The molecule has 38 heavy (non-hydrogen) atoms. The molecule has 2 amide bonds. The SMILES string of the molecule is CCOc1ccc(N(CCCC(=O)N(Cc2ccc(C)cc2)C(CC)C(=O)NC(C)CC)S(C)(=O)=O)cc1. The van der Waals surface area contributed by atoms with Gasteiger partial charge in [0.15, 0.2) is 0 Å². The normalized spacial score (nSPS) is 12.9. The standard InChI is InChI=1S/C29H43N3O5S/c1-7-23(5)30-29(34)27(8-2)31(21-24-14-12-22(4)13-15-24)28(33)11-10-20-32(38(6,35)36)25-16-18-26(19-17-25)37-9-3/h12-19,23,27H,7-11,20-21H2,1-6H3,(H,30,34). The molecule has 0 aliphatic carbocycles. The van der Waals surface area contributed by atoms with Crippen LogP contribution in [0.3, 0.4) is 0 Å². The van der Waals surface area contributed by atoms with Crippen molar-refractivity contribution in [2.75, 3.05) is 23.7 Å². The van der Waals surface area contributed by atoms with Crippen LogP contribution in [0, 0.1) is 6.92 Å². The van der Waals surface area contributed by atoms with E-state index in [-0.39, 0.29) is 30.8 Å². The summed E-state index contributed by atoms with van der Waals surface area (Å²) >= 11 is 0. The van der Waals surface area contributed by atoms with Crippen LogP contribution in [0.25, 0.3) is 0 Å². The smallest absolute Gasteiger partial charge is 0.243 e. The highest BCUT2D eigenvalue weighted by molar-refractivity contribution is 7.92. The summed E-state index contributed by atoms with van der Waals surface area (Å²) in [7, 11) is -3.56. The quantitative estimate of drug-likeness (QED) is 0.351. The van der Waals surface area contributed by atoms with Gasteiger partial charge in [0.1, 0.15) is 11.8 Å². The minimum Gasteiger partial charge on any atom is -0.494 e. The van der Waals surface area contributed by atoms with E-state index < -0.39 is 16.1 Å². The summed E-state index contributed by atoms with van der Waals surface area (Å²) in [4.78, 5) is 28.3. The van der Waals surface area contributed by atoms with Crippen molar-refractivity contribution >= 4 is 27.5 Å². The zero-order chi connectivity index (χ0) is 28.3. The topological polar surface area (TPSA) is 96.0 Å².